The first kappa shape index (κ1) is 92.4. The molecule has 0 bridgehead atoms. The molecule has 0 spiro atoms. The van der Waals surface area contributed by atoms with Gasteiger partial charge in [0.2, 0.25) is 0 Å². The average Bonchev–Trinajstić information content (AvgIpc) is 0. The van der Waals surface area contributed by atoms with Crippen molar-refractivity contribution in [1.29, 1.82) is 0 Å². The molecule has 0 aliphatic heterocycles. The van der Waals surface area contributed by atoms with Crippen LogP contribution in [0.1, 0.15) is 0 Å². The summed E-state index contributed by atoms with van der Waals surface area (Å²) in [7, 11) is 0. The van der Waals surface area contributed by atoms with E-state index >= 15 is 0 Å². The van der Waals surface area contributed by atoms with E-state index < -0.39 is 0 Å². The monoisotopic (exact) mass is 492 g/mol. The normalized spacial score (nSPS) is 0. The summed E-state index contributed by atoms with van der Waals surface area (Å²) in [6.45, 7) is 0. The van der Waals surface area contributed by atoms with Crippen LogP contribution in [0.25, 0.3) is 0 Å². The van der Waals surface area contributed by atoms with Crippen molar-refractivity contribution in [3.8, 4) is 0 Å². The zero-order chi connectivity index (χ0) is 0. The fourth-order valence-electron chi connectivity index (χ4n) is 0. The summed E-state index contributed by atoms with van der Waals surface area (Å²) in [6, 6.07) is 0. The summed E-state index contributed by atoms with van der Waals surface area (Å²) in [5.74, 6) is 0. The number of rotatable bonds is 0. The minimum atomic E-state index is 0. The van der Waals surface area contributed by atoms with E-state index in [1.807, 2.05) is 0 Å². The summed E-state index contributed by atoms with van der Waals surface area (Å²) in [6.07, 6.45) is 0. The molecule has 9 heteroatoms. The van der Waals surface area contributed by atoms with Gasteiger partial charge in [0, 0.05) is 0 Å². The maximum atomic E-state index is 0. The molecule has 0 saturated carbocycles. The second-order valence-electron chi connectivity index (χ2n) is 0. The van der Waals surface area contributed by atoms with Gasteiger partial charge < -0.3 is 27.4 Å². The Bertz CT molecular complexity index is 14.9. The zero-order valence-corrected chi connectivity index (χ0v) is 18.6. The van der Waals surface area contributed by atoms with Gasteiger partial charge in [0.1, 0.15) is 0 Å². The fraction of sp³-hybridized carbons (Fsp3) is 0. The molecule has 0 rings (SSSR count). The first-order valence-corrected chi connectivity index (χ1v) is 0. The standard InChI is InChI=1S/2Ba.5O.Sr.Ti/q2*+2;5*-2;+2;+4. The minimum Gasteiger partial charge on any atom is -2.00 e. The van der Waals surface area contributed by atoms with Gasteiger partial charge in [-0.05, 0) is 0 Å². The molecule has 0 aromatic carbocycles. The third-order valence-electron chi connectivity index (χ3n) is 0. The van der Waals surface area contributed by atoms with E-state index in [0.29, 0.717) is 0 Å². The molecule has 0 aliphatic carbocycles. The van der Waals surface area contributed by atoms with E-state index in [0.717, 1.165) is 0 Å². The predicted octanol–water partition coefficient (Wildman–Crippen LogP) is -1.74. The van der Waals surface area contributed by atoms with Gasteiger partial charge in [-0.3, -0.25) is 0 Å². The van der Waals surface area contributed by atoms with Crippen molar-refractivity contribution in [2.24, 2.45) is 0 Å². The Morgan fingerprint density at radius 3 is 0.444 bits per heavy atom. The van der Waals surface area contributed by atoms with Crippen LogP contribution in [0.3, 0.4) is 0 Å². The average molecular weight is 490 g/mol. The maximum Gasteiger partial charge on any atom is 4.00 e. The summed E-state index contributed by atoms with van der Waals surface area (Å²) in [5.41, 5.74) is 0. The van der Waals surface area contributed by atoms with Crippen LogP contribution in [-0.2, 0) is 49.1 Å². The second kappa shape index (κ2) is 73.3. The molecule has 0 heterocycles. The molecule has 0 aliphatic rings. The first-order valence-electron chi connectivity index (χ1n) is 0. The Balaban J connectivity index is 0. The van der Waals surface area contributed by atoms with Crippen molar-refractivity contribution in [3.63, 3.8) is 0 Å². The van der Waals surface area contributed by atoms with Crippen molar-refractivity contribution in [1.82, 2.24) is 0 Å². The smallest absolute Gasteiger partial charge is 2.00 e. The SMILES string of the molecule is [Ba+2].[Ba+2].[O-2].[O-2].[O-2].[O-2].[O-2].[Sr+2].[Ti+4]. The van der Waals surface area contributed by atoms with Gasteiger partial charge >= 0.3 is 165 Å². The van der Waals surface area contributed by atoms with Gasteiger partial charge in [0.15, 0.2) is 0 Å². The summed E-state index contributed by atoms with van der Waals surface area (Å²) in [5, 5.41) is 0. The Morgan fingerprint density at radius 1 is 0.444 bits per heavy atom. The van der Waals surface area contributed by atoms with Crippen LogP contribution in [0.5, 0.6) is 0 Å². The van der Waals surface area contributed by atoms with Gasteiger partial charge in [-0.25, -0.2) is 0 Å². The van der Waals surface area contributed by atoms with E-state index in [9.17, 15) is 0 Å². The Hall–Kier alpha value is 5.14. The minimum absolute atomic E-state index is 0. The Labute approximate surface area is 186 Å². The molecule has 0 aromatic rings. The molecule has 0 radical (unpaired) electrons. The van der Waals surface area contributed by atoms with Crippen LogP contribution in [0.2, 0.25) is 0 Å². The fourth-order valence-corrected chi connectivity index (χ4v) is 0. The van der Waals surface area contributed by atoms with Crippen molar-refractivity contribution < 1.29 is 49.1 Å². The molecule has 0 fully saturated rings. The molecule has 0 atom stereocenters. The topological polar surface area (TPSA) is 142 Å². The summed E-state index contributed by atoms with van der Waals surface area (Å²) >= 11 is 0. The van der Waals surface area contributed by atoms with E-state index in [2.05, 4.69) is 0 Å². The van der Waals surface area contributed by atoms with E-state index in [1.54, 1.807) is 0 Å². The van der Waals surface area contributed by atoms with Crippen LogP contribution >= 0.6 is 0 Å². The molecule has 0 aromatic heterocycles. The quantitative estimate of drug-likeness (QED) is 0.356. The molecule has 9 heavy (non-hydrogen) atoms. The number of hydrogen-bond acceptors (Lipinski definition) is 0. The molecular formula is Ba2O5SrTi. The molecule has 5 nitrogen and oxygen atoms in total. The largest absolute Gasteiger partial charge is 4.00 e. The third-order valence-corrected chi connectivity index (χ3v) is 0. The molecule has 0 N–H and O–H groups in total. The molecule has 0 saturated heterocycles. The maximum absolute atomic E-state index is 0. The van der Waals surface area contributed by atoms with E-state index in [4.69, 9.17) is 0 Å². The summed E-state index contributed by atoms with van der Waals surface area (Å²) in [4.78, 5) is 0. The second-order valence-corrected chi connectivity index (χ2v) is 0. The zero-order valence-electron chi connectivity index (χ0n) is 4.66. The van der Waals surface area contributed by atoms with Gasteiger partial charge in [-0.2, -0.15) is 0 Å². The van der Waals surface area contributed by atoms with Gasteiger partial charge in [-0.1, -0.05) is 0 Å². The van der Waals surface area contributed by atoms with Crippen LogP contribution < -0.4 is 0 Å². The van der Waals surface area contributed by atoms with Crippen molar-refractivity contribution in [2.45, 2.75) is 0 Å². The van der Waals surface area contributed by atoms with Crippen LogP contribution in [0.4, 0.5) is 0 Å². The Morgan fingerprint density at radius 2 is 0.444 bits per heavy atom. The molecule has 0 amide bonds. The van der Waals surface area contributed by atoms with Gasteiger partial charge in [0.05, 0.1) is 0 Å². The van der Waals surface area contributed by atoms with Crippen LogP contribution in [0.15, 0.2) is 0 Å². The van der Waals surface area contributed by atoms with Crippen LogP contribution in [0, 0.1) is 0 Å². The van der Waals surface area contributed by atoms with Gasteiger partial charge in [0.25, 0.3) is 0 Å². The molecular weight excluding hydrogens is 490 g/mol. The Kier molecular flexibility index (Phi) is 753. The summed E-state index contributed by atoms with van der Waals surface area (Å²) < 4.78 is 0. The van der Waals surface area contributed by atoms with Crippen molar-refractivity contribution in [3.05, 3.63) is 0 Å². The van der Waals surface area contributed by atoms with Crippen molar-refractivity contribution in [2.75, 3.05) is 0 Å². The molecule has 40 valence electrons. The molecule has 0 unspecified atom stereocenters. The first-order chi connectivity index (χ1) is 0. The predicted molar refractivity (Wildman–Crippen MR) is 20.7 cm³/mol. The van der Waals surface area contributed by atoms with E-state index in [-0.39, 0.29) is 192 Å². The van der Waals surface area contributed by atoms with Crippen molar-refractivity contribution >= 4 is 143 Å². The third kappa shape index (κ3) is 61.7. The van der Waals surface area contributed by atoms with Gasteiger partial charge in [-0.15, -0.1) is 0 Å². The van der Waals surface area contributed by atoms with E-state index in [1.165, 1.54) is 0 Å². The van der Waals surface area contributed by atoms with Crippen LogP contribution in [-0.4, -0.2) is 143 Å². The number of hydrogen-bond donors (Lipinski definition) is 0.